The Labute approximate surface area is 238 Å². The molecule has 42 heavy (non-hydrogen) atoms. The average Bonchev–Trinajstić information content (AvgIpc) is 3.03. The van der Waals surface area contributed by atoms with Gasteiger partial charge < -0.3 is 0 Å². The molecule has 0 N–H and O–H groups in total. The molecule has 0 saturated heterocycles. The van der Waals surface area contributed by atoms with E-state index in [1.165, 1.54) is 60.7 Å². The molecule has 2 aliphatic rings. The molecule has 4 amide bonds. The highest BCUT2D eigenvalue weighted by atomic mass is 16.2. The highest BCUT2D eigenvalue weighted by Crippen LogP contribution is 2.44. The normalized spacial score (nSPS) is 13.8. The summed E-state index contributed by atoms with van der Waals surface area (Å²) in [6.45, 7) is 0. The van der Waals surface area contributed by atoms with E-state index in [9.17, 15) is 29.7 Å². The molecule has 0 fully saturated rings. The van der Waals surface area contributed by atoms with Gasteiger partial charge in [0.05, 0.1) is 40.2 Å². The summed E-state index contributed by atoms with van der Waals surface area (Å²) in [5.74, 6) is -2.41. The maximum Gasteiger partial charge on any atom is 0.266 e. The smallest absolute Gasteiger partial charge is 0.266 e. The molecule has 0 spiro atoms. The van der Waals surface area contributed by atoms with Crippen LogP contribution in [0, 0.1) is 22.7 Å². The van der Waals surface area contributed by atoms with Gasteiger partial charge in [-0.2, -0.15) is 10.5 Å². The number of imide groups is 2. The summed E-state index contributed by atoms with van der Waals surface area (Å²) in [5, 5.41) is 18.9. The Morgan fingerprint density at radius 1 is 0.476 bits per heavy atom. The van der Waals surface area contributed by atoms with E-state index < -0.39 is 23.6 Å². The zero-order valence-corrected chi connectivity index (χ0v) is 21.7. The minimum Gasteiger partial charge on any atom is -0.268 e. The third-order valence-corrected chi connectivity index (χ3v) is 7.59. The summed E-state index contributed by atoms with van der Waals surface area (Å²) < 4.78 is 0. The van der Waals surface area contributed by atoms with Crippen LogP contribution in [0.15, 0.2) is 97.1 Å². The Morgan fingerprint density at radius 2 is 0.952 bits per heavy atom. The second-order valence-electron chi connectivity index (χ2n) is 9.83. The summed E-state index contributed by atoms with van der Waals surface area (Å²) in [7, 11) is 0. The van der Waals surface area contributed by atoms with Crippen LogP contribution in [0.5, 0.6) is 0 Å². The first-order chi connectivity index (χ1) is 20.4. The van der Waals surface area contributed by atoms with E-state index in [0.717, 1.165) is 9.80 Å². The molecular weight excluding hydrogens is 528 g/mol. The van der Waals surface area contributed by atoms with Crippen molar-refractivity contribution in [3.8, 4) is 23.3 Å². The molecule has 0 unspecified atom stereocenters. The van der Waals surface area contributed by atoms with Gasteiger partial charge >= 0.3 is 0 Å². The molecule has 2 heterocycles. The Balaban J connectivity index is 1.51. The van der Waals surface area contributed by atoms with E-state index in [2.05, 4.69) is 0 Å². The lowest BCUT2D eigenvalue weighted by molar-refractivity contribution is 0.0873. The summed E-state index contributed by atoms with van der Waals surface area (Å²) in [5.41, 5.74) is 3.18. The van der Waals surface area contributed by atoms with Crippen molar-refractivity contribution in [3.05, 3.63) is 130 Å². The molecule has 0 aromatic heterocycles. The molecule has 8 heteroatoms. The lowest BCUT2D eigenvalue weighted by atomic mass is 9.81. The highest BCUT2D eigenvalue weighted by Gasteiger charge is 2.42. The number of carbonyl (C=O) groups is 4. The lowest BCUT2D eigenvalue weighted by Crippen LogP contribution is -2.43. The molecule has 0 radical (unpaired) electrons. The quantitative estimate of drug-likeness (QED) is 0.263. The fourth-order valence-corrected chi connectivity index (χ4v) is 5.65. The van der Waals surface area contributed by atoms with E-state index in [-0.39, 0.29) is 33.0 Å². The molecule has 8 nitrogen and oxygen atoms in total. The molecule has 0 atom stereocenters. The molecule has 196 valence electrons. The third-order valence-electron chi connectivity index (χ3n) is 7.59. The van der Waals surface area contributed by atoms with Crippen LogP contribution < -0.4 is 9.80 Å². The summed E-state index contributed by atoms with van der Waals surface area (Å²) in [6, 6.07) is 30.0. The zero-order valence-electron chi connectivity index (χ0n) is 21.7. The summed E-state index contributed by atoms with van der Waals surface area (Å²) in [6.07, 6.45) is 0. The van der Waals surface area contributed by atoms with E-state index in [4.69, 9.17) is 0 Å². The van der Waals surface area contributed by atoms with Crippen LogP contribution in [0.4, 0.5) is 11.4 Å². The molecule has 5 aromatic carbocycles. The maximum absolute atomic E-state index is 14.2. The van der Waals surface area contributed by atoms with Gasteiger partial charge in [-0.1, -0.05) is 30.3 Å². The van der Waals surface area contributed by atoms with E-state index in [1.807, 2.05) is 18.2 Å². The molecule has 2 aliphatic heterocycles. The molecule has 5 aromatic rings. The topological polar surface area (TPSA) is 122 Å². The van der Waals surface area contributed by atoms with Gasteiger partial charge in [0.1, 0.15) is 0 Å². The van der Waals surface area contributed by atoms with Gasteiger partial charge in [0.15, 0.2) is 0 Å². The van der Waals surface area contributed by atoms with Crippen LogP contribution in [-0.4, -0.2) is 23.6 Å². The molecule has 0 aliphatic carbocycles. The van der Waals surface area contributed by atoms with Gasteiger partial charge in [-0.3, -0.25) is 19.2 Å². The van der Waals surface area contributed by atoms with Crippen molar-refractivity contribution < 1.29 is 19.2 Å². The Morgan fingerprint density at radius 3 is 1.48 bits per heavy atom. The number of anilines is 2. The average molecular weight is 545 g/mol. The molecule has 7 rings (SSSR count). The fraction of sp³-hybridized carbons (Fsp3) is 0. The first-order valence-corrected chi connectivity index (χ1v) is 12.9. The van der Waals surface area contributed by atoms with Crippen LogP contribution in [-0.2, 0) is 0 Å². The van der Waals surface area contributed by atoms with Gasteiger partial charge in [-0.15, -0.1) is 0 Å². The first kappa shape index (κ1) is 24.6. The number of rotatable bonds is 3. The minimum atomic E-state index is -0.604. The minimum absolute atomic E-state index is 0.180. The Hall–Kier alpha value is -6.38. The van der Waals surface area contributed by atoms with Crippen LogP contribution in [0.25, 0.3) is 21.9 Å². The maximum atomic E-state index is 14.2. The summed E-state index contributed by atoms with van der Waals surface area (Å²) in [4.78, 5) is 58.0. The zero-order chi connectivity index (χ0) is 29.1. The fourth-order valence-electron chi connectivity index (χ4n) is 5.65. The van der Waals surface area contributed by atoms with Crippen molar-refractivity contribution in [2.45, 2.75) is 0 Å². The van der Waals surface area contributed by atoms with Crippen LogP contribution in [0.1, 0.15) is 52.6 Å². The van der Waals surface area contributed by atoms with Crippen LogP contribution in [0.2, 0.25) is 0 Å². The van der Waals surface area contributed by atoms with Gasteiger partial charge in [0.2, 0.25) is 0 Å². The van der Waals surface area contributed by atoms with Crippen molar-refractivity contribution in [2.24, 2.45) is 0 Å². The first-order valence-electron chi connectivity index (χ1n) is 12.9. The van der Waals surface area contributed by atoms with Crippen LogP contribution in [0.3, 0.4) is 0 Å². The van der Waals surface area contributed by atoms with Crippen molar-refractivity contribution in [3.63, 3.8) is 0 Å². The van der Waals surface area contributed by atoms with Crippen molar-refractivity contribution >= 4 is 45.8 Å². The standard InChI is InChI=1S/C34H16N4O4/c35-17-19-6-10-22(11-7-19)37-31(39)24-14-15-25-29-28(24)27(33(37)41)16-26(21-4-2-1-3-5-21)30(29)34(42)38(32(25)40)23-12-8-20(18-36)9-13-23/h1-16H. The van der Waals surface area contributed by atoms with Gasteiger partial charge in [0, 0.05) is 27.5 Å². The monoisotopic (exact) mass is 544 g/mol. The molecule has 0 bridgehead atoms. The van der Waals surface area contributed by atoms with E-state index in [0.29, 0.717) is 33.6 Å². The Kier molecular flexibility index (Phi) is 5.33. The lowest BCUT2D eigenvalue weighted by Gasteiger charge is -2.33. The van der Waals surface area contributed by atoms with Gasteiger partial charge in [-0.05, 0) is 77.9 Å². The van der Waals surface area contributed by atoms with Crippen molar-refractivity contribution in [1.82, 2.24) is 0 Å². The SMILES string of the molecule is N#Cc1ccc(N2C(=O)c3ccc4c5c(c(-c6ccccc6)cc(c35)C2=O)C(=O)N(c2ccc(C#N)cc2)C4=O)cc1. The number of nitrogens with zero attached hydrogens (tertiary/aromatic N) is 4. The number of benzene rings is 5. The van der Waals surface area contributed by atoms with Crippen molar-refractivity contribution in [1.29, 1.82) is 10.5 Å². The van der Waals surface area contributed by atoms with E-state index >= 15 is 0 Å². The number of nitriles is 2. The molecular formula is C34H16N4O4. The largest absolute Gasteiger partial charge is 0.268 e. The van der Waals surface area contributed by atoms with Gasteiger partial charge in [-0.25, -0.2) is 9.80 Å². The summed E-state index contributed by atoms with van der Waals surface area (Å²) >= 11 is 0. The van der Waals surface area contributed by atoms with E-state index in [1.54, 1.807) is 30.3 Å². The predicted octanol–water partition coefficient (Wildman–Crippen LogP) is 5.85. The number of amides is 4. The Bertz CT molecular complexity index is 2120. The number of hydrogen-bond acceptors (Lipinski definition) is 6. The third kappa shape index (κ3) is 3.40. The second-order valence-corrected chi connectivity index (χ2v) is 9.83. The molecule has 0 saturated carbocycles. The second kappa shape index (κ2) is 9.09. The predicted molar refractivity (Wildman–Crippen MR) is 154 cm³/mol. The number of carbonyl (C=O) groups excluding carboxylic acids is 4. The highest BCUT2D eigenvalue weighted by molar-refractivity contribution is 6.43. The number of hydrogen-bond donors (Lipinski definition) is 0. The van der Waals surface area contributed by atoms with Crippen LogP contribution >= 0.6 is 0 Å². The van der Waals surface area contributed by atoms with Gasteiger partial charge in [0.25, 0.3) is 23.6 Å². The van der Waals surface area contributed by atoms with Crippen molar-refractivity contribution in [2.75, 3.05) is 9.80 Å².